The normalized spacial score (nSPS) is 24.8. The lowest BCUT2D eigenvalue weighted by Gasteiger charge is -2.36. The lowest BCUT2D eigenvalue weighted by molar-refractivity contribution is -0.150. The number of hydrogen-bond donors (Lipinski definition) is 3. The third-order valence-corrected chi connectivity index (χ3v) is 8.46. The Morgan fingerprint density at radius 2 is 1.54 bits per heavy atom. The molecule has 1 heterocycles. The van der Waals surface area contributed by atoms with Crippen molar-refractivity contribution in [2.24, 2.45) is 17.3 Å². The molecule has 3 atom stereocenters. The molecule has 2 aliphatic rings. The number of carbonyl (C=O) groups excluding carboxylic acids is 2. The molecule has 0 amide bonds. The number of carbonyl (C=O) groups is 2. The van der Waals surface area contributed by atoms with Crippen molar-refractivity contribution in [3.63, 3.8) is 0 Å². The maximum absolute atomic E-state index is 13.4. The van der Waals surface area contributed by atoms with Crippen molar-refractivity contribution >= 4 is 22.8 Å². The van der Waals surface area contributed by atoms with Crippen LogP contribution in [0.1, 0.15) is 86.6 Å². The predicted octanol–water partition coefficient (Wildman–Crippen LogP) is 5.83. The highest BCUT2D eigenvalue weighted by molar-refractivity contribution is 6.00. The minimum Gasteiger partial charge on any atom is -0.508 e. The number of aromatic hydroxyl groups is 2. The molecule has 196 valence electrons. The highest BCUT2D eigenvalue weighted by Crippen LogP contribution is 2.47. The summed E-state index contributed by atoms with van der Waals surface area (Å²) in [7, 11) is 0. The first kappa shape index (κ1) is 25.2. The van der Waals surface area contributed by atoms with Crippen LogP contribution in [-0.2, 0) is 16.1 Å². The topological polar surface area (TPSA) is 125 Å². The van der Waals surface area contributed by atoms with Crippen molar-refractivity contribution in [2.45, 2.75) is 77.2 Å². The third kappa shape index (κ3) is 5.95. The number of fused-ring (bicyclic) bond motifs is 1. The van der Waals surface area contributed by atoms with Crippen LogP contribution in [0.5, 0.6) is 11.5 Å². The maximum atomic E-state index is 13.4. The van der Waals surface area contributed by atoms with E-state index in [1.807, 2.05) is 18.2 Å². The van der Waals surface area contributed by atoms with Gasteiger partial charge in [0, 0.05) is 17.5 Å². The summed E-state index contributed by atoms with van der Waals surface area (Å²) in [6.07, 6.45) is 10.8. The molecule has 37 heavy (non-hydrogen) atoms. The molecule has 8 nitrogen and oxygen atoms in total. The Balaban J connectivity index is 1.18. The second-order valence-corrected chi connectivity index (χ2v) is 11.0. The van der Waals surface area contributed by atoms with Gasteiger partial charge in [0.15, 0.2) is 5.78 Å². The van der Waals surface area contributed by atoms with Crippen LogP contribution < -0.4 is 0 Å². The van der Waals surface area contributed by atoms with Gasteiger partial charge in [0.2, 0.25) is 0 Å². The smallest absolute Gasteiger partial charge is 0.309 e. The van der Waals surface area contributed by atoms with Crippen molar-refractivity contribution in [3.8, 4) is 11.5 Å². The van der Waals surface area contributed by atoms with Gasteiger partial charge < -0.3 is 14.9 Å². The van der Waals surface area contributed by atoms with Gasteiger partial charge in [-0.2, -0.15) is 15.4 Å². The quantitative estimate of drug-likeness (QED) is 0.294. The summed E-state index contributed by atoms with van der Waals surface area (Å²) in [6, 6.07) is 9.79. The van der Waals surface area contributed by atoms with Crippen molar-refractivity contribution in [3.05, 3.63) is 47.5 Å². The van der Waals surface area contributed by atoms with E-state index in [0.29, 0.717) is 11.1 Å². The predicted molar refractivity (Wildman–Crippen MR) is 138 cm³/mol. The van der Waals surface area contributed by atoms with Crippen LogP contribution in [0.25, 0.3) is 11.0 Å². The number of esters is 1. The third-order valence-electron chi connectivity index (χ3n) is 8.46. The fourth-order valence-corrected chi connectivity index (χ4v) is 6.35. The Kier molecular flexibility index (Phi) is 7.44. The number of H-pyrrole nitrogens is 1. The Morgan fingerprint density at radius 1 is 0.838 bits per heavy atom. The lowest BCUT2D eigenvalue weighted by atomic mass is 9.68. The average Bonchev–Trinajstić information content (AvgIpc) is 3.23. The minimum absolute atomic E-state index is 0.0178. The zero-order valence-electron chi connectivity index (χ0n) is 21.1. The number of ketones is 1. The molecular weight excluding hydrogens is 470 g/mol. The molecule has 0 bridgehead atoms. The number of phenolic OH excluding ortho intramolecular Hbond substituents is 2. The minimum atomic E-state index is -0.206. The van der Waals surface area contributed by atoms with Crippen molar-refractivity contribution in [1.29, 1.82) is 0 Å². The van der Waals surface area contributed by atoms with E-state index in [1.165, 1.54) is 18.2 Å². The van der Waals surface area contributed by atoms with E-state index < -0.39 is 0 Å². The van der Waals surface area contributed by atoms with Gasteiger partial charge >= 0.3 is 5.97 Å². The number of nitrogens with one attached hydrogen (secondary N) is 1. The lowest BCUT2D eigenvalue weighted by Crippen LogP contribution is -2.26. The molecule has 1 spiro atoms. The molecule has 3 unspecified atom stereocenters. The number of aromatic amines is 1. The molecule has 2 aliphatic carbocycles. The van der Waals surface area contributed by atoms with E-state index in [1.54, 1.807) is 0 Å². The summed E-state index contributed by atoms with van der Waals surface area (Å²) in [5.41, 5.74) is 2.94. The summed E-state index contributed by atoms with van der Waals surface area (Å²) >= 11 is 0. The zero-order valence-corrected chi connectivity index (χ0v) is 21.1. The number of hydrogen-bond acceptors (Lipinski definition) is 7. The highest BCUT2D eigenvalue weighted by atomic mass is 16.5. The van der Waals surface area contributed by atoms with Gasteiger partial charge in [0.25, 0.3) is 0 Å². The van der Waals surface area contributed by atoms with E-state index >= 15 is 0 Å². The van der Waals surface area contributed by atoms with Crippen LogP contribution in [0.3, 0.4) is 0 Å². The van der Waals surface area contributed by atoms with E-state index in [9.17, 15) is 19.8 Å². The van der Waals surface area contributed by atoms with Crippen LogP contribution in [0.15, 0.2) is 36.4 Å². The van der Waals surface area contributed by atoms with E-state index in [2.05, 4.69) is 15.4 Å². The van der Waals surface area contributed by atoms with E-state index in [0.717, 1.165) is 81.7 Å². The van der Waals surface area contributed by atoms with Crippen LogP contribution in [0.4, 0.5) is 0 Å². The number of rotatable bonds is 5. The number of benzene rings is 2. The molecule has 3 N–H and O–H groups in total. The maximum Gasteiger partial charge on any atom is 0.309 e. The Bertz CT molecular complexity index is 1250. The summed E-state index contributed by atoms with van der Waals surface area (Å²) in [5, 5.41) is 30.1. The number of Topliss-reactive ketones (excluding diaryl/α,β-unsaturated/α-hetero) is 1. The number of aromatic nitrogens is 3. The first-order valence-electron chi connectivity index (χ1n) is 13.4. The summed E-state index contributed by atoms with van der Waals surface area (Å²) in [4.78, 5) is 26.2. The molecule has 0 aliphatic heterocycles. The molecule has 2 aromatic carbocycles. The Morgan fingerprint density at radius 3 is 2.35 bits per heavy atom. The molecule has 3 aromatic rings. The van der Waals surface area contributed by atoms with Gasteiger partial charge in [-0.25, -0.2) is 0 Å². The first-order chi connectivity index (χ1) is 17.9. The SMILES string of the molecule is O=C(OCc1cc(O)cc(O)c1)C1CCCC2(CCCCC(C(=O)c3ccc4n[nH]nc4c3)CC2)CC1. The summed E-state index contributed by atoms with van der Waals surface area (Å²) in [6.45, 7) is 0.0341. The van der Waals surface area contributed by atoms with Gasteiger partial charge in [0.05, 0.1) is 5.92 Å². The molecule has 1 aromatic heterocycles. The fraction of sp³-hybridized carbons (Fsp3) is 0.517. The van der Waals surface area contributed by atoms with Gasteiger partial charge in [0.1, 0.15) is 29.1 Å². The van der Waals surface area contributed by atoms with Crippen LogP contribution in [-0.4, -0.2) is 37.4 Å². The van der Waals surface area contributed by atoms with Gasteiger partial charge in [-0.15, -0.1) is 0 Å². The number of phenols is 2. The largest absolute Gasteiger partial charge is 0.508 e. The average molecular weight is 506 g/mol. The van der Waals surface area contributed by atoms with Gasteiger partial charge in [-0.05, 0) is 92.7 Å². The zero-order chi connectivity index (χ0) is 25.8. The molecule has 0 radical (unpaired) electrons. The molecule has 8 heteroatoms. The van der Waals surface area contributed by atoms with Crippen molar-refractivity contribution in [2.75, 3.05) is 0 Å². The fourth-order valence-electron chi connectivity index (χ4n) is 6.35. The van der Waals surface area contributed by atoms with Gasteiger partial charge in [-0.1, -0.05) is 19.3 Å². The molecule has 2 fully saturated rings. The molecule has 0 saturated heterocycles. The Hall–Kier alpha value is -3.42. The number of nitrogens with zero attached hydrogens (tertiary/aromatic N) is 2. The van der Waals surface area contributed by atoms with Crippen LogP contribution >= 0.6 is 0 Å². The van der Waals surface area contributed by atoms with Crippen molar-refractivity contribution < 1.29 is 24.5 Å². The monoisotopic (exact) mass is 505 g/mol. The van der Waals surface area contributed by atoms with E-state index in [-0.39, 0.29) is 47.1 Å². The standard InChI is InChI=1S/C29H35N3O5/c33-23-14-19(15-24(34)17-23)18-37-28(36)21-5-3-11-29(13-9-21)10-2-1-4-20(8-12-29)27(35)22-6-7-25-26(16-22)31-32-30-25/h6-7,14-17,20-21,33-34H,1-5,8-13,18H2,(H,30,31,32). The highest BCUT2D eigenvalue weighted by Gasteiger charge is 2.37. The molecule has 2 saturated carbocycles. The molecular formula is C29H35N3O5. The van der Waals surface area contributed by atoms with E-state index in [4.69, 9.17) is 4.74 Å². The summed E-state index contributed by atoms with van der Waals surface area (Å²) in [5.74, 6) is -0.229. The first-order valence-corrected chi connectivity index (χ1v) is 13.4. The van der Waals surface area contributed by atoms with Gasteiger partial charge in [-0.3, -0.25) is 9.59 Å². The van der Waals surface area contributed by atoms with Crippen molar-refractivity contribution in [1.82, 2.24) is 15.4 Å². The second-order valence-electron chi connectivity index (χ2n) is 11.0. The number of ether oxygens (including phenoxy) is 1. The summed E-state index contributed by atoms with van der Waals surface area (Å²) < 4.78 is 5.56. The van der Waals surface area contributed by atoms with Crippen LogP contribution in [0.2, 0.25) is 0 Å². The molecule has 5 rings (SSSR count). The Labute approximate surface area is 216 Å². The second kappa shape index (κ2) is 10.9. The van der Waals surface area contributed by atoms with Crippen LogP contribution in [0, 0.1) is 17.3 Å².